The van der Waals surface area contributed by atoms with Crippen LogP contribution in [0.25, 0.3) is 11.1 Å². The Morgan fingerprint density at radius 1 is 0.962 bits per heavy atom. The second-order valence-electron chi connectivity index (χ2n) is 7.19. The number of pyridine rings is 1. The van der Waals surface area contributed by atoms with Gasteiger partial charge in [0, 0.05) is 28.0 Å². The number of aromatic nitrogens is 1. The van der Waals surface area contributed by atoms with Crippen molar-refractivity contribution in [1.29, 1.82) is 0 Å². The van der Waals surface area contributed by atoms with Gasteiger partial charge in [0.05, 0.1) is 0 Å². The number of carbonyl (C=O) groups excluding carboxylic acids is 1. The number of hydrogen-bond acceptors (Lipinski definition) is 2. The minimum absolute atomic E-state index is 0.0820. The summed E-state index contributed by atoms with van der Waals surface area (Å²) in [7, 11) is 0. The summed E-state index contributed by atoms with van der Waals surface area (Å²) in [5, 5.41) is 3.54. The fraction of sp³-hybridized carbons (Fsp3) is 0.182. The average Bonchev–Trinajstić information content (AvgIpc) is 2.62. The molecule has 0 aliphatic carbocycles. The normalized spacial score (nSPS) is 11.2. The summed E-state index contributed by atoms with van der Waals surface area (Å²) in [6.07, 6.45) is 1.67. The van der Waals surface area contributed by atoms with Crippen molar-refractivity contribution in [2.45, 2.75) is 26.2 Å². The van der Waals surface area contributed by atoms with Gasteiger partial charge in [0.1, 0.15) is 5.69 Å². The maximum Gasteiger partial charge on any atom is 0.274 e. The summed E-state index contributed by atoms with van der Waals surface area (Å²) >= 11 is 6.21. The summed E-state index contributed by atoms with van der Waals surface area (Å²) < 4.78 is 0. The van der Waals surface area contributed by atoms with Gasteiger partial charge >= 0.3 is 0 Å². The van der Waals surface area contributed by atoms with Crippen molar-refractivity contribution < 1.29 is 4.79 Å². The Balaban J connectivity index is 1.73. The molecule has 3 nitrogen and oxygen atoms in total. The second-order valence-corrected chi connectivity index (χ2v) is 7.60. The standard InChI is InChI=1S/C22H21ClN2O/c1-22(2,3)16-9-11-17(12-10-16)25-21(26)20-13-8-15(14-24-20)18-6-4-5-7-19(18)23/h4-14H,1-3H3,(H,25,26). The zero-order chi connectivity index (χ0) is 18.7. The van der Waals surface area contributed by atoms with Crippen molar-refractivity contribution in [2.24, 2.45) is 0 Å². The molecule has 1 amide bonds. The van der Waals surface area contributed by atoms with Crippen molar-refractivity contribution >= 4 is 23.2 Å². The number of carbonyl (C=O) groups is 1. The molecule has 1 N–H and O–H groups in total. The van der Waals surface area contributed by atoms with Crippen LogP contribution in [-0.4, -0.2) is 10.9 Å². The molecule has 0 saturated carbocycles. The molecule has 132 valence electrons. The Morgan fingerprint density at radius 3 is 2.23 bits per heavy atom. The van der Waals surface area contributed by atoms with E-state index in [0.717, 1.165) is 16.8 Å². The van der Waals surface area contributed by atoms with E-state index in [1.165, 1.54) is 5.56 Å². The molecule has 0 fully saturated rings. The summed E-state index contributed by atoms with van der Waals surface area (Å²) in [5.41, 5.74) is 4.19. The van der Waals surface area contributed by atoms with Gasteiger partial charge in [0.25, 0.3) is 5.91 Å². The first kappa shape index (κ1) is 18.2. The summed E-state index contributed by atoms with van der Waals surface area (Å²) in [5.74, 6) is -0.237. The molecule has 1 heterocycles. The van der Waals surface area contributed by atoms with E-state index in [1.807, 2.05) is 54.6 Å². The Bertz CT molecular complexity index is 910. The Morgan fingerprint density at radius 2 is 1.65 bits per heavy atom. The SMILES string of the molecule is CC(C)(C)c1ccc(NC(=O)c2ccc(-c3ccccc3Cl)cn2)cc1. The first-order valence-corrected chi connectivity index (χ1v) is 8.85. The molecule has 0 radical (unpaired) electrons. The van der Waals surface area contributed by atoms with Gasteiger partial charge in [-0.15, -0.1) is 0 Å². The third-order valence-corrected chi connectivity index (χ3v) is 4.52. The zero-order valence-corrected chi connectivity index (χ0v) is 15.8. The molecule has 2 aromatic carbocycles. The smallest absolute Gasteiger partial charge is 0.274 e. The average molecular weight is 365 g/mol. The van der Waals surface area contributed by atoms with Crippen LogP contribution in [0.4, 0.5) is 5.69 Å². The molecule has 3 rings (SSSR count). The predicted molar refractivity (Wildman–Crippen MR) is 108 cm³/mol. The maximum absolute atomic E-state index is 12.4. The fourth-order valence-corrected chi connectivity index (χ4v) is 2.88. The van der Waals surface area contributed by atoms with Crippen molar-refractivity contribution in [3.63, 3.8) is 0 Å². The Kier molecular flexibility index (Phi) is 5.10. The van der Waals surface area contributed by atoms with Crippen LogP contribution in [0, 0.1) is 0 Å². The van der Waals surface area contributed by atoms with Gasteiger partial charge in [0.15, 0.2) is 0 Å². The summed E-state index contributed by atoms with van der Waals surface area (Å²) in [6.45, 7) is 6.47. The molecular weight excluding hydrogens is 344 g/mol. The lowest BCUT2D eigenvalue weighted by atomic mass is 9.87. The topological polar surface area (TPSA) is 42.0 Å². The largest absolute Gasteiger partial charge is 0.321 e. The number of amides is 1. The van der Waals surface area contributed by atoms with E-state index < -0.39 is 0 Å². The molecular formula is C22H21ClN2O. The van der Waals surface area contributed by atoms with Gasteiger partial charge in [-0.05, 0) is 35.2 Å². The first-order chi connectivity index (χ1) is 12.3. The van der Waals surface area contributed by atoms with Crippen molar-refractivity contribution in [1.82, 2.24) is 4.98 Å². The van der Waals surface area contributed by atoms with E-state index in [-0.39, 0.29) is 11.3 Å². The van der Waals surface area contributed by atoms with Crippen LogP contribution in [0.1, 0.15) is 36.8 Å². The predicted octanol–water partition coefficient (Wildman–Crippen LogP) is 5.95. The molecule has 0 atom stereocenters. The van der Waals surface area contributed by atoms with E-state index in [1.54, 1.807) is 12.3 Å². The van der Waals surface area contributed by atoms with Gasteiger partial charge < -0.3 is 5.32 Å². The molecule has 0 spiro atoms. The number of anilines is 1. The van der Waals surface area contributed by atoms with Gasteiger partial charge in [-0.25, -0.2) is 0 Å². The lowest BCUT2D eigenvalue weighted by molar-refractivity contribution is 0.102. The van der Waals surface area contributed by atoms with Gasteiger partial charge in [-0.1, -0.05) is 68.8 Å². The van der Waals surface area contributed by atoms with Crippen LogP contribution in [0.2, 0.25) is 5.02 Å². The lowest BCUT2D eigenvalue weighted by Gasteiger charge is -2.19. The van der Waals surface area contributed by atoms with Crippen LogP contribution < -0.4 is 5.32 Å². The first-order valence-electron chi connectivity index (χ1n) is 8.47. The zero-order valence-electron chi connectivity index (χ0n) is 15.1. The molecule has 3 aromatic rings. The highest BCUT2D eigenvalue weighted by molar-refractivity contribution is 6.33. The van der Waals surface area contributed by atoms with Crippen LogP contribution in [0.15, 0.2) is 66.9 Å². The number of nitrogens with one attached hydrogen (secondary N) is 1. The minimum atomic E-state index is -0.237. The van der Waals surface area contributed by atoms with Gasteiger partial charge in [0.2, 0.25) is 0 Å². The quantitative estimate of drug-likeness (QED) is 0.623. The van der Waals surface area contributed by atoms with E-state index in [2.05, 4.69) is 31.1 Å². The fourth-order valence-electron chi connectivity index (χ4n) is 2.63. The van der Waals surface area contributed by atoms with E-state index >= 15 is 0 Å². The highest BCUT2D eigenvalue weighted by atomic mass is 35.5. The Labute approximate surface area is 159 Å². The number of nitrogens with zero attached hydrogens (tertiary/aromatic N) is 1. The number of halogens is 1. The van der Waals surface area contributed by atoms with Crippen molar-refractivity contribution in [2.75, 3.05) is 5.32 Å². The minimum Gasteiger partial charge on any atom is -0.321 e. The van der Waals surface area contributed by atoms with Crippen LogP contribution in [0.3, 0.4) is 0 Å². The molecule has 0 aliphatic heterocycles. The molecule has 0 bridgehead atoms. The number of rotatable bonds is 3. The number of hydrogen-bond donors (Lipinski definition) is 1. The van der Waals surface area contributed by atoms with Crippen LogP contribution >= 0.6 is 11.6 Å². The molecule has 26 heavy (non-hydrogen) atoms. The molecule has 0 unspecified atom stereocenters. The van der Waals surface area contributed by atoms with Crippen molar-refractivity contribution in [3.8, 4) is 11.1 Å². The number of benzene rings is 2. The maximum atomic E-state index is 12.4. The third-order valence-electron chi connectivity index (χ3n) is 4.19. The lowest BCUT2D eigenvalue weighted by Crippen LogP contribution is -2.14. The van der Waals surface area contributed by atoms with E-state index in [9.17, 15) is 4.79 Å². The molecule has 4 heteroatoms. The van der Waals surface area contributed by atoms with E-state index in [0.29, 0.717) is 10.7 Å². The summed E-state index contributed by atoms with van der Waals surface area (Å²) in [4.78, 5) is 16.7. The monoisotopic (exact) mass is 364 g/mol. The van der Waals surface area contributed by atoms with E-state index in [4.69, 9.17) is 11.6 Å². The van der Waals surface area contributed by atoms with Crippen LogP contribution in [0.5, 0.6) is 0 Å². The van der Waals surface area contributed by atoms with Gasteiger partial charge in [-0.2, -0.15) is 0 Å². The Hall–Kier alpha value is -2.65. The second kappa shape index (κ2) is 7.30. The molecule has 0 saturated heterocycles. The molecule has 0 aliphatic rings. The highest BCUT2D eigenvalue weighted by Crippen LogP contribution is 2.27. The third kappa shape index (κ3) is 4.12. The molecule has 1 aromatic heterocycles. The van der Waals surface area contributed by atoms with Crippen molar-refractivity contribution in [3.05, 3.63) is 83.1 Å². The summed E-state index contributed by atoms with van der Waals surface area (Å²) in [6, 6.07) is 19.0. The van der Waals surface area contributed by atoms with Crippen LogP contribution in [-0.2, 0) is 5.41 Å². The highest BCUT2D eigenvalue weighted by Gasteiger charge is 2.14. The van der Waals surface area contributed by atoms with Gasteiger partial charge in [-0.3, -0.25) is 9.78 Å².